The normalized spacial score (nSPS) is 14.9. The Hall–Kier alpha value is -1.67. The van der Waals surface area contributed by atoms with Crippen molar-refractivity contribution >= 4 is 17.8 Å². The van der Waals surface area contributed by atoms with E-state index >= 15 is 0 Å². The molecule has 0 amide bonds. The van der Waals surface area contributed by atoms with Crippen molar-refractivity contribution in [1.82, 2.24) is 15.0 Å². The van der Waals surface area contributed by atoms with Crippen LogP contribution in [-0.2, 0) is 0 Å². The van der Waals surface area contributed by atoms with Gasteiger partial charge in [0.15, 0.2) is 0 Å². The Labute approximate surface area is 118 Å². The van der Waals surface area contributed by atoms with Gasteiger partial charge in [-0.2, -0.15) is 15.0 Å². The molecule has 1 aromatic heterocycles. The molecule has 2 heterocycles. The quantitative estimate of drug-likeness (QED) is 0.538. The van der Waals surface area contributed by atoms with Crippen LogP contribution in [0.1, 0.15) is 19.8 Å². The topological polar surface area (TPSA) is 106 Å². The highest BCUT2D eigenvalue weighted by Gasteiger charge is 2.18. The SMILES string of the molecule is CCNc1nc(NC(CO)CO)nc(N2CCCC2)n1. The average molecular weight is 282 g/mol. The van der Waals surface area contributed by atoms with Crippen molar-refractivity contribution in [3.8, 4) is 0 Å². The third-order valence-electron chi connectivity index (χ3n) is 3.12. The molecule has 0 spiro atoms. The second-order valence-electron chi connectivity index (χ2n) is 4.71. The maximum absolute atomic E-state index is 9.12. The molecule has 2 rings (SSSR count). The summed E-state index contributed by atoms with van der Waals surface area (Å²) in [4.78, 5) is 15.1. The molecule has 1 fully saturated rings. The van der Waals surface area contributed by atoms with E-state index in [-0.39, 0.29) is 13.2 Å². The van der Waals surface area contributed by atoms with Crippen molar-refractivity contribution in [2.75, 3.05) is 48.4 Å². The lowest BCUT2D eigenvalue weighted by Crippen LogP contribution is -2.30. The van der Waals surface area contributed by atoms with Gasteiger partial charge in [-0.05, 0) is 19.8 Å². The highest BCUT2D eigenvalue weighted by atomic mass is 16.3. The molecular weight excluding hydrogens is 260 g/mol. The van der Waals surface area contributed by atoms with Gasteiger partial charge in [-0.15, -0.1) is 0 Å². The van der Waals surface area contributed by atoms with Crippen molar-refractivity contribution in [1.29, 1.82) is 0 Å². The van der Waals surface area contributed by atoms with Gasteiger partial charge in [0.1, 0.15) is 0 Å². The molecule has 8 nitrogen and oxygen atoms in total. The fourth-order valence-electron chi connectivity index (χ4n) is 2.06. The summed E-state index contributed by atoms with van der Waals surface area (Å²) >= 11 is 0. The molecule has 20 heavy (non-hydrogen) atoms. The first-order valence-corrected chi connectivity index (χ1v) is 7.00. The maximum Gasteiger partial charge on any atom is 0.231 e. The van der Waals surface area contributed by atoms with E-state index in [1.54, 1.807) is 0 Å². The summed E-state index contributed by atoms with van der Waals surface area (Å²) in [6.45, 7) is 4.20. The van der Waals surface area contributed by atoms with Gasteiger partial charge in [0.2, 0.25) is 17.8 Å². The Morgan fingerprint density at radius 3 is 2.35 bits per heavy atom. The minimum atomic E-state index is -0.474. The summed E-state index contributed by atoms with van der Waals surface area (Å²) in [6, 6.07) is -0.474. The minimum absolute atomic E-state index is 0.183. The smallest absolute Gasteiger partial charge is 0.231 e. The van der Waals surface area contributed by atoms with Crippen LogP contribution in [0.2, 0.25) is 0 Å². The van der Waals surface area contributed by atoms with Crippen LogP contribution in [0.4, 0.5) is 17.8 Å². The van der Waals surface area contributed by atoms with Gasteiger partial charge < -0.3 is 25.7 Å². The van der Waals surface area contributed by atoms with E-state index in [4.69, 9.17) is 10.2 Å². The van der Waals surface area contributed by atoms with Crippen LogP contribution >= 0.6 is 0 Å². The minimum Gasteiger partial charge on any atom is -0.394 e. The molecule has 0 bridgehead atoms. The lowest BCUT2D eigenvalue weighted by molar-refractivity contribution is 0.203. The van der Waals surface area contributed by atoms with E-state index in [0.29, 0.717) is 24.4 Å². The number of anilines is 3. The van der Waals surface area contributed by atoms with E-state index in [1.807, 2.05) is 6.92 Å². The summed E-state index contributed by atoms with van der Waals surface area (Å²) in [5.74, 6) is 1.50. The van der Waals surface area contributed by atoms with Crippen LogP contribution in [0.5, 0.6) is 0 Å². The molecular formula is C12H22N6O2. The van der Waals surface area contributed by atoms with Gasteiger partial charge in [-0.25, -0.2) is 0 Å². The molecule has 0 unspecified atom stereocenters. The lowest BCUT2D eigenvalue weighted by atomic mass is 10.3. The molecule has 1 saturated heterocycles. The number of rotatable bonds is 7. The fourth-order valence-corrected chi connectivity index (χ4v) is 2.06. The third-order valence-corrected chi connectivity index (χ3v) is 3.12. The van der Waals surface area contributed by atoms with Gasteiger partial charge in [0.05, 0.1) is 19.3 Å². The van der Waals surface area contributed by atoms with Crippen molar-refractivity contribution in [2.45, 2.75) is 25.8 Å². The van der Waals surface area contributed by atoms with E-state index in [0.717, 1.165) is 25.9 Å². The van der Waals surface area contributed by atoms with Crippen LogP contribution in [0, 0.1) is 0 Å². The average Bonchev–Trinajstić information content (AvgIpc) is 2.99. The Morgan fingerprint density at radius 2 is 1.75 bits per heavy atom. The number of hydrogen-bond donors (Lipinski definition) is 4. The van der Waals surface area contributed by atoms with Gasteiger partial charge in [-0.1, -0.05) is 0 Å². The molecule has 1 aliphatic rings. The van der Waals surface area contributed by atoms with Crippen LogP contribution in [0.25, 0.3) is 0 Å². The third kappa shape index (κ3) is 3.67. The van der Waals surface area contributed by atoms with E-state index in [1.165, 1.54) is 0 Å². The van der Waals surface area contributed by atoms with Crippen molar-refractivity contribution in [3.05, 3.63) is 0 Å². The van der Waals surface area contributed by atoms with Crippen LogP contribution in [-0.4, -0.2) is 64.1 Å². The number of nitrogens with zero attached hydrogens (tertiary/aromatic N) is 4. The Balaban J connectivity index is 2.20. The Kier molecular flexibility index (Phi) is 5.31. The number of hydrogen-bond acceptors (Lipinski definition) is 8. The predicted molar refractivity (Wildman–Crippen MR) is 77.0 cm³/mol. The number of aliphatic hydroxyl groups is 2. The second-order valence-corrected chi connectivity index (χ2v) is 4.71. The standard InChI is InChI=1S/C12H22N6O2/c1-2-13-10-15-11(14-9(7-19)8-20)17-12(16-10)18-5-3-4-6-18/h9,19-20H,2-8H2,1H3,(H2,13,14,15,16,17). The highest BCUT2D eigenvalue weighted by Crippen LogP contribution is 2.18. The molecule has 0 radical (unpaired) electrons. The molecule has 4 N–H and O–H groups in total. The number of nitrogens with one attached hydrogen (secondary N) is 2. The zero-order chi connectivity index (χ0) is 14.4. The van der Waals surface area contributed by atoms with Gasteiger partial charge >= 0.3 is 0 Å². The Bertz CT molecular complexity index is 420. The van der Waals surface area contributed by atoms with E-state index in [9.17, 15) is 0 Å². The maximum atomic E-state index is 9.12. The van der Waals surface area contributed by atoms with Gasteiger partial charge in [0, 0.05) is 19.6 Å². The summed E-state index contributed by atoms with van der Waals surface area (Å²) in [5, 5.41) is 24.2. The predicted octanol–water partition coefficient (Wildman–Crippen LogP) is -0.331. The van der Waals surface area contributed by atoms with Crippen LogP contribution in [0.15, 0.2) is 0 Å². The zero-order valence-electron chi connectivity index (χ0n) is 11.7. The summed E-state index contributed by atoms with van der Waals surface area (Å²) in [6.07, 6.45) is 2.28. The largest absolute Gasteiger partial charge is 0.394 e. The molecule has 0 aromatic carbocycles. The van der Waals surface area contributed by atoms with Crippen molar-refractivity contribution in [3.63, 3.8) is 0 Å². The van der Waals surface area contributed by atoms with Gasteiger partial charge in [-0.3, -0.25) is 0 Å². The monoisotopic (exact) mass is 282 g/mol. The summed E-state index contributed by atoms with van der Waals surface area (Å²) in [5.41, 5.74) is 0. The molecule has 1 aliphatic heterocycles. The fraction of sp³-hybridized carbons (Fsp3) is 0.750. The summed E-state index contributed by atoms with van der Waals surface area (Å²) in [7, 11) is 0. The van der Waals surface area contributed by atoms with Crippen molar-refractivity contribution in [2.24, 2.45) is 0 Å². The molecule has 112 valence electrons. The van der Waals surface area contributed by atoms with Crippen LogP contribution < -0.4 is 15.5 Å². The first-order chi connectivity index (χ1) is 9.76. The molecule has 0 atom stereocenters. The Morgan fingerprint density at radius 1 is 1.10 bits per heavy atom. The first kappa shape index (κ1) is 14.7. The lowest BCUT2D eigenvalue weighted by Gasteiger charge is -2.18. The first-order valence-electron chi connectivity index (χ1n) is 7.00. The van der Waals surface area contributed by atoms with E-state index < -0.39 is 6.04 Å². The van der Waals surface area contributed by atoms with Gasteiger partial charge in [0.25, 0.3) is 0 Å². The van der Waals surface area contributed by atoms with E-state index in [2.05, 4.69) is 30.5 Å². The zero-order valence-corrected chi connectivity index (χ0v) is 11.7. The molecule has 8 heteroatoms. The second kappa shape index (κ2) is 7.20. The highest BCUT2D eigenvalue weighted by molar-refractivity contribution is 5.44. The summed E-state index contributed by atoms with van der Waals surface area (Å²) < 4.78 is 0. The number of aliphatic hydroxyl groups excluding tert-OH is 2. The molecule has 1 aromatic rings. The molecule has 0 saturated carbocycles. The van der Waals surface area contributed by atoms with Crippen LogP contribution in [0.3, 0.4) is 0 Å². The molecule has 0 aliphatic carbocycles. The van der Waals surface area contributed by atoms with Crippen molar-refractivity contribution < 1.29 is 10.2 Å². The number of aromatic nitrogens is 3.